The van der Waals surface area contributed by atoms with Gasteiger partial charge in [0.2, 0.25) is 0 Å². The molecule has 1 heterocycles. The number of halogens is 1. The lowest BCUT2D eigenvalue weighted by Gasteiger charge is -2.11. The van der Waals surface area contributed by atoms with Crippen molar-refractivity contribution in [3.63, 3.8) is 0 Å². The first kappa shape index (κ1) is 14.1. The number of rotatable bonds is 4. The van der Waals surface area contributed by atoms with Crippen LogP contribution in [0.15, 0.2) is 48.5 Å². The number of benzene rings is 2. The Morgan fingerprint density at radius 2 is 1.95 bits per heavy atom. The molecule has 4 heteroatoms. The lowest BCUT2D eigenvalue weighted by Crippen LogP contribution is -2.14. The van der Waals surface area contributed by atoms with Gasteiger partial charge in [0.05, 0.1) is 23.7 Å². The molecule has 0 aliphatic rings. The molecule has 3 aromatic rings. The number of aliphatic hydroxyl groups is 1. The Kier molecular flexibility index (Phi) is 3.95. The van der Waals surface area contributed by atoms with E-state index >= 15 is 0 Å². The van der Waals surface area contributed by atoms with Gasteiger partial charge in [0.25, 0.3) is 0 Å². The maximum Gasteiger partial charge on any atom is 0.114 e. The molecule has 0 bridgehead atoms. The SMILES string of the molecule is CC(O)Cn1c(Cc2ccccc2)nc2ccc(Cl)cc21. The Labute approximate surface area is 128 Å². The molecule has 0 spiro atoms. The van der Waals surface area contributed by atoms with Gasteiger partial charge in [-0.1, -0.05) is 41.9 Å². The Morgan fingerprint density at radius 3 is 2.67 bits per heavy atom. The summed E-state index contributed by atoms with van der Waals surface area (Å²) in [6, 6.07) is 15.9. The average Bonchev–Trinajstić information content (AvgIpc) is 2.77. The van der Waals surface area contributed by atoms with E-state index in [-0.39, 0.29) is 0 Å². The van der Waals surface area contributed by atoms with E-state index in [0.717, 1.165) is 23.3 Å². The largest absolute Gasteiger partial charge is 0.392 e. The summed E-state index contributed by atoms with van der Waals surface area (Å²) in [7, 11) is 0. The third-order valence-corrected chi connectivity index (χ3v) is 3.68. The van der Waals surface area contributed by atoms with E-state index in [1.807, 2.05) is 36.4 Å². The van der Waals surface area contributed by atoms with Gasteiger partial charge < -0.3 is 9.67 Å². The second kappa shape index (κ2) is 5.88. The van der Waals surface area contributed by atoms with Crippen LogP contribution < -0.4 is 0 Å². The molecule has 1 atom stereocenters. The van der Waals surface area contributed by atoms with Crippen LogP contribution in [0.1, 0.15) is 18.3 Å². The normalized spacial score (nSPS) is 12.7. The number of aliphatic hydroxyl groups excluding tert-OH is 1. The summed E-state index contributed by atoms with van der Waals surface area (Å²) in [6.45, 7) is 2.29. The van der Waals surface area contributed by atoms with E-state index in [1.54, 1.807) is 6.92 Å². The summed E-state index contributed by atoms with van der Waals surface area (Å²) in [5, 5.41) is 10.4. The predicted molar refractivity (Wildman–Crippen MR) is 85.7 cm³/mol. The molecule has 0 saturated carbocycles. The Hall–Kier alpha value is -1.84. The fourth-order valence-corrected chi connectivity index (χ4v) is 2.69. The number of imidazole rings is 1. The first-order valence-corrected chi connectivity index (χ1v) is 7.38. The number of aromatic nitrogens is 2. The number of hydrogen-bond donors (Lipinski definition) is 1. The van der Waals surface area contributed by atoms with Crippen LogP contribution in [0, 0.1) is 0 Å². The van der Waals surface area contributed by atoms with Crippen LogP contribution in [0.25, 0.3) is 11.0 Å². The molecular formula is C17H17ClN2O. The second-order valence-corrected chi connectivity index (χ2v) is 5.72. The van der Waals surface area contributed by atoms with Crippen molar-refractivity contribution in [3.8, 4) is 0 Å². The van der Waals surface area contributed by atoms with Gasteiger partial charge in [-0.15, -0.1) is 0 Å². The van der Waals surface area contributed by atoms with Gasteiger partial charge in [0, 0.05) is 11.4 Å². The molecule has 0 aliphatic carbocycles. The highest BCUT2D eigenvalue weighted by Crippen LogP contribution is 2.22. The molecular weight excluding hydrogens is 284 g/mol. The van der Waals surface area contributed by atoms with Crippen molar-refractivity contribution in [2.75, 3.05) is 0 Å². The van der Waals surface area contributed by atoms with Crippen molar-refractivity contribution in [2.24, 2.45) is 0 Å². The topological polar surface area (TPSA) is 38.0 Å². The fourth-order valence-electron chi connectivity index (χ4n) is 2.53. The van der Waals surface area contributed by atoms with Crippen LogP contribution in [0.4, 0.5) is 0 Å². The average molecular weight is 301 g/mol. The maximum absolute atomic E-state index is 9.76. The number of hydrogen-bond acceptors (Lipinski definition) is 2. The maximum atomic E-state index is 9.76. The van der Waals surface area contributed by atoms with Gasteiger partial charge in [0.15, 0.2) is 0 Å². The molecule has 21 heavy (non-hydrogen) atoms. The summed E-state index contributed by atoms with van der Waals surface area (Å²) in [5.74, 6) is 0.944. The Bertz CT molecular complexity index is 750. The Morgan fingerprint density at radius 1 is 1.19 bits per heavy atom. The van der Waals surface area contributed by atoms with Crippen molar-refractivity contribution in [3.05, 3.63) is 64.9 Å². The van der Waals surface area contributed by atoms with Crippen LogP contribution in [-0.2, 0) is 13.0 Å². The highest BCUT2D eigenvalue weighted by Gasteiger charge is 2.13. The zero-order valence-corrected chi connectivity index (χ0v) is 12.6. The van der Waals surface area contributed by atoms with Gasteiger partial charge >= 0.3 is 0 Å². The van der Waals surface area contributed by atoms with Crippen molar-refractivity contribution >= 4 is 22.6 Å². The van der Waals surface area contributed by atoms with Gasteiger partial charge in [0.1, 0.15) is 5.82 Å². The minimum Gasteiger partial charge on any atom is -0.392 e. The first-order valence-electron chi connectivity index (χ1n) is 7.00. The van der Waals surface area contributed by atoms with Crippen molar-refractivity contribution in [2.45, 2.75) is 26.0 Å². The van der Waals surface area contributed by atoms with E-state index in [1.165, 1.54) is 5.56 Å². The minimum atomic E-state index is -0.434. The molecule has 0 fully saturated rings. The van der Waals surface area contributed by atoms with E-state index < -0.39 is 6.10 Å². The molecule has 0 saturated heterocycles. The Balaban J connectivity index is 2.08. The zero-order valence-electron chi connectivity index (χ0n) is 11.8. The number of fused-ring (bicyclic) bond motifs is 1. The summed E-state index contributed by atoms with van der Waals surface area (Å²) < 4.78 is 2.05. The van der Waals surface area contributed by atoms with Gasteiger partial charge in [-0.2, -0.15) is 0 Å². The highest BCUT2D eigenvalue weighted by atomic mass is 35.5. The zero-order chi connectivity index (χ0) is 14.8. The van der Waals surface area contributed by atoms with Gasteiger partial charge in [-0.25, -0.2) is 4.98 Å². The summed E-state index contributed by atoms with van der Waals surface area (Å²) >= 11 is 6.09. The molecule has 1 aromatic heterocycles. The molecule has 0 amide bonds. The summed E-state index contributed by atoms with van der Waals surface area (Å²) in [4.78, 5) is 4.70. The standard InChI is InChI=1S/C17H17ClN2O/c1-12(21)11-20-16-10-14(18)7-8-15(16)19-17(20)9-13-5-3-2-4-6-13/h2-8,10,12,21H,9,11H2,1H3. The molecule has 1 N–H and O–H groups in total. The fraction of sp³-hybridized carbons (Fsp3) is 0.235. The van der Waals surface area contributed by atoms with E-state index in [4.69, 9.17) is 16.6 Å². The quantitative estimate of drug-likeness (QED) is 0.798. The summed E-state index contributed by atoms with van der Waals surface area (Å²) in [6.07, 6.45) is 0.302. The minimum absolute atomic E-state index is 0.434. The van der Waals surface area contributed by atoms with Crippen LogP contribution in [0.5, 0.6) is 0 Å². The van der Waals surface area contributed by atoms with Crippen molar-refractivity contribution in [1.82, 2.24) is 9.55 Å². The van der Waals surface area contributed by atoms with Crippen molar-refractivity contribution < 1.29 is 5.11 Å². The number of nitrogens with zero attached hydrogens (tertiary/aromatic N) is 2. The van der Waals surface area contributed by atoms with Crippen LogP contribution in [0.2, 0.25) is 5.02 Å². The molecule has 3 nitrogen and oxygen atoms in total. The lowest BCUT2D eigenvalue weighted by molar-refractivity contribution is 0.174. The van der Waals surface area contributed by atoms with E-state index in [2.05, 4.69) is 16.7 Å². The highest BCUT2D eigenvalue weighted by molar-refractivity contribution is 6.31. The molecule has 3 rings (SSSR count). The lowest BCUT2D eigenvalue weighted by atomic mass is 10.1. The predicted octanol–water partition coefficient (Wildman–Crippen LogP) is 3.66. The van der Waals surface area contributed by atoms with Gasteiger partial charge in [-0.05, 0) is 30.7 Å². The molecule has 108 valence electrons. The van der Waals surface area contributed by atoms with E-state index in [0.29, 0.717) is 11.6 Å². The summed E-state index contributed by atoms with van der Waals surface area (Å²) in [5.41, 5.74) is 3.08. The third-order valence-electron chi connectivity index (χ3n) is 3.44. The van der Waals surface area contributed by atoms with Crippen LogP contribution >= 0.6 is 11.6 Å². The van der Waals surface area contributed by atoms with Crippen LogP contribution in [-0.4, -0.2) is 20.8 Å². The van der Waals surface area contributed by atoms with E-state index in [9.17, 15) is 5.11 Å². The van der Waals surface area contributed by atoms with Gasteiger partial charge in [-0.3, -0.25) is 0 Å². The smallest absolute Gasteiger partial charge is 0.114 e. The molecule has 0 aliphatic heterocycles. The third kappa shape index (κ3) is 3.09. The molecule has 2 aromatic carbocycles. The molecule has 1 unspecified atom stereocenters. The first-order chi connectivity index (χ1) is 10.1. The van der Waals surface area contributed by atoms with Crippen molar-refractivity contribution in [1.29, 1.82) is 0 Å². The van der Waals surface area contributed by atoms with Crippen LogP contribution in [0.3, 0.4) is 0 Å². The second-order valence-electron chi connectivity index (χ2n) is 5.28. The molecule has 0 radical (unpaired) electrons. The monoisotopic (exact) mass is 300 g/mol.